The molecule has 4 rings (SSSR count). The Labute approximate surface area is 238 Å². The molecular formula is C35H39N3O2. The molecule has 0 aliphatic carbocycles. The van der Waals surface area contributed by atoms with Crippen molar-refractivity contribution in [3.05, 3.63) is 125 Å². The van der Waals surface area contributed by atoms with Crippen molar-refractivity contribution in [2.75, 3.05) is 22.1 Å². The zero-order chi connectivity index (χ0) is 28.5. The molecule has 2 amide bonds. The fourth-order valence-electron chi connectivity index (χ4n) is 4.78. The second kappa shape index (κ2) is 13.6. The molecule has 0 radical (unpaired) electrons. The average Bonchev–Trinajstić information content (AvgIpc) is 2.96. The van der Waals surface area contributed by atoms with Crippen molar-refractivity contribution < 1.29 is 9.59 Å². The van der Waals surface area contributed by atoms with Crippen LogP contribution in [-0.4, -0.2) is 18.4 Å². The molecule has 5 nitrogen and oxygen atoms in total. The number of carbonyl (C=O) groups excluding carboxylic acids is 2. The van der Waals surface area contributed by atoms with Crippen LogP contribution < -0.4 is 15.5 Å². The van der Waals surface area contributed by atoms with Crippen LogP contribution in [0.1, 0.15) is 73.0 Å². The van der Waals surface area contributed by atoms with Crippen LogP contribution in [0.15, 0.2) is 103 Å². The highest BCUT2D eigenvalue weighted by atomic mass is 16.2. The van der Waals surface area contributed by atoms with Crippen LogP contribution in [0.4, 0.5) is 17.1 Å². The van der Waals surface area contributed by atoms with Gasteiger partial charge in [0.1, 0.15) is 0 Å². The molecule has 5 heteroatoms. The third-order valence-corrected chi connectivity index (χ3v) is 6.99. The van der Waals surface area contributed by atoms with E-state index >= 15 is 0 Å². The molecule has 0 aliphatic heterocycles. The van der Waals surface area contributed by atoms with Crippen molar-refractivity contribution in [2.24, 2.45) is 0 Å². The molecule has 2 N–H and O–H groups in total. The maximum atomic E-state index is 13.2. The van der Waals surface area contributed by atoms with E-state index < -0.39 is 0 Å². The van der Waals surface area contributed by atoms with Gasteiger partial charge in [-0.2, -0.15) is 0 Å². The first-order valence-corrected chi connectivity index (χ1v) is 14.0. The Kier molecular flexibility index (Phi) is 9.74. The monoisotopic (exact) mass is 533 g/mol. The number of benzene rings is 4. The number of nitrogens with zero attached hydrogens (tertiary/aromatic N) is 1. The van der Waals surface area contributed by atoms with Crippen molar-refractivity contribution in [2.45, 2.75) is 52.5 Å². The molecule has 0 unspecified atom stereocenters. The Bertz CT molecular complexity index is 1370. The van der Waals surface area contributed by atoms with E-state index in [1.54, 1.807) is 0 Å². The Hall–Kier alpha value is -4.38. The lowest BCUT2D eigenvalue weighted by Crippen LogP contribution is -2.28. The molecule has 0 spiro atoms. The summed E-state index contributed by atoms with van der Waals surface area (Å²) >= 11 is 0. The summed E-state index contributed by atoms with van der Waals surface area (Å²) in [6, 6.07) is 33.5. The van der Waals surface area contributed by atoms with Gasteiger partial charge in [-0.1, -0.05) is 94.4 Å². The van der Waals surface area contributed by atoms with Crippen LogP contribution >= 0.6 is 0 Å². The van der Waals surface area contributed by atoms with Gasteiger partial charge in [-0.25, -0.2) is 0 Å². The smallest absolute Gasteiger partial charge is 0.255 e. The second-order valence-corrected chi connectivity index (χ2v) is 10.7. The highest BCUT2D eigenvalue weighted by Crippen LogP contribution is 2.32. The summed E-state index contributed by atoms with van der Waals surface area (Å²) in [6.45, 7) is 9.81. The summed E-state index contributed by atoms with van der Waals surface area (Å²) < 4.78 is 0. The van der Waals surface area contributed by atoms with Crippen molar-refractivity contribution in [3.8, 4) is 0 Å². The third-order valence-electron chi connectivity index (χ3n) is 6.99. The standard InChI is InChI=1S/C35H39N3O2/c1-25(2)31-16-11-17-32(26(3)4)34(31)37-33(39)22-23-38(30-14-9-6-10-15-30)24-27-18-20-28(21-19-27)35(40)36-29-12-7-5-8-13-29/h5-21,25-26H,22-24H2,1-4H3,(H,36,40)(H,37,39). The highest BCUT2D eigenvalue weighted by Gasteiger charge is 2.17. The lowest BCUT2D eigenvalue weighted by Gasteiger charge is -2.25. The number of carbonyl (C=O) groups is 2. The van der Waals surface area contributed by atoms with Gasteiger partial charge < -0.3 is 15.5 Å². The van der Waals surface area contributed by atoms with Crippen molar-refractivity contribution in [1.82, 2.24) is 0 Å². The van der Waals surface area contributed by atoms with Crippen molar-refractivity contribution in [3.63, 3.8) is 0 Å². The average molecular weight is 534 g/mol. The molecule has 0 aromatic heterocycles. The van der Waals surface area contributed by atoms with E-state index in [-0.39, 0.29) is 11.8 Å². The van der Waals surface area contributed by atoms with Gasteiger partial charge >= 0.3 is 0 Å². The highest BCUT2D eigenvalue weighted by molar-refractivity contribution is 6.04. The number of nitrogens with one attached hydrogen (secondary N) is 2. The van der Waals surface area contributed by atoms with Gasteiger partial charge in [0.2, 0.25) is 5.91 Å². The minimum Gasteiger partial charge on any atom is -0.367 e. The van der Waals surface area contributed by atoms with Crippen molar-refractivity contribution in [1.29, 1.82) is 0 Å². The van der Waals surface area contributed by atoms with E-state index in [2.05, 4.69) is 73.6 Å². The SMILES string of the molecule is CC(C)c1cccc(C(C)C)c1NC(=O)CCN(Cc1ccc(C(=O)Nc2ccccc2)cc1)c1ccccc1. The number of para-hydroxylation sites is 3. The zero-order valence-electron chi connectivity index (χ0n) is 23.9. The predicted molar refractivity (Wildman–Crippen MR) is 166 cm³/mol. The maximum absolute atomic E-state index is 13.2. The summed E-state index contributed by atoms with van der Waals surface area (Å²) in [6.07, 6.45) is 0.358. The van der Waals surface area contributed by atoms with E-state index in [4.69, 9.17) is 0 Å². The first-order valence-electron chi connectivity index (χ1n) is 14.0. The fourth-order valence-corrected chi connectivity index (χ4v) is 4.78. The van der Waals surface area contributed by atoms with Crippen LogP contribution in [-0.2, 0) is 11.3 Å². The molecule has 0 saturated carbocycles. The van der Waals surface area contributed by atoms with E-state index in [0.717, 1.165) is 33.8 Å². The molecule has 0 bridgehead atoms. The van der Waals surface area contributed by atoms with Gasteiger partial charge in [-0.05, 0) is 64.9 Å². The Morgan fingerprint density at radius 1 is 0.675 bits per heavy atom. The van der Waals surface area contributed by atoms with Crippen LogP contribution in [0.2, 0.25) is 0 Å². The molecule has 0 aliphatic rings. The van der Waals surface area contributed by atoms with E-state index in [1.165, 1.54) is 0 Å². The van der Waals surface area contributed by atoms with Crippen LogP contribution in [0, 0.1) is 0 Å². The van der Waals surface area contributed by atoms with Crippen molar-refractivity contribution >= 4 is 28.9 Å². The summed E-state index contributed by atoms with van der Waals surface area (Å²) in [5.74, 6) is 0.487. The summed E-state index contributed by atoms with van der Waals surface area (Å²) in [5, 5.41) is 6.17. The number of amides is 2. The lowest BCUT2D eigenvalue weighted by atomic mass is 9.92. The van der Waals surface area contributed by atoms with Gasteiger partial charge in [0, 0.05) is 42.1 Å². The summed E-state index contributed by atoms with van der Waals surface area (Å²) in [5.41, 5.74) is 6.75. The molecule has 206 valence electrons. The Morgan fingerprint density at radius 2 is 1.25 bits per heavy atom. The maximum Gasteiger partial charge on any atom is 0.255 e. The quantitative estimate of drug-likeness (QED) is 0.204. The van der Waals surface area contributed by atoms with Gasteiger partial charge in [0.15, 0.2) is 0 Å². The van der Waals surface area contributed by atoms with Gasteiger partial charge in [-0.3, -0.25) is 9.59 Å². The van der Waals surface area contributed by atoms with Crippen LogP contribution in [0.25, 0.3) is 0 Å². The van der Waals surface area contributed by atoms with Crippen LogP contribution in [0.3, 0.4) is 0 Å². The van der Waals surface area contributed by atoms with Crippen LogP contribution in [0.5, 0.6) is 0 Å². The fraction of sp³-hybridized carbons (Fsp3) is 0.257. The number of hydrogen-bond donors (Lipinski definition) is 2. The molecular weight excluding hydrogens is 494 g/mol. The number of anilines is 3. The normalized spacial score (nSPS) is 10.9. The Morgan fingerprint density at radius 3 is 1.82 bits per heavy atom. The third kappa shape index (κ3) is 7.60. The largest absolute Gasteiger partial charge is 0.367 e. The van der Waals surface area contributed by atoms with E-state index in [9.17, 15) is 9.59 Å². The zero-order valence-corrected chi connectivity index (χ0v) is 23.9. The molecule has 4 aromatic carbocycles. The summed E-state index contributed by atoms with van der Waals surface area (Å²) in [7, 11) is 0. The number of hydrogen-bond acceptors (Lipinski definition) is 3. The molecule has 40 heavy (non-hydrogen) atoms. The van der Waals surface area contributed by atoms with Gasteiger partial charge in [0.05, 0.1) is 0 Å². The molecule has 0 fully saturated rings. The second-order valence-electron chi connectivity index (χ2n) is 10.7. The topological polar surface area (TPSA) is 61.4 Å². The molecule has 0 saturated heterocycles. The Balaban J connectivity index is 1.45. The minimum absolute atomic E-state index is 0.00358. The summed E-state index contributed by atoms with van der Waals surface area (Å²) in [4.78, 5) is 28.1. The lowest BCUT2D eigenvalue weighted by molar-refractivity contribution is -0.116. The van der Waals surface area contributed by atoms with Gasteiger partial charge in [-0.15, -0.1) is 0 Å². The first kappa shape index (κ1) is 28.6. The molecule has 0 heterocycles. The van der Waals surface area contributed by atoms with E-state index in [1.807, 2.05) is 72.8 Å². The predicted octanol–water partition coefficient (Wildman–Crippen LogP) is 8.22. The number of rotatable bonds is 11. The van der Waals surface area contributed by atoms with Gasteiger partial charge in [0.25, 0.3) is 5.91 Å². The first-order chi connectivity index (χ1) is 19.3. The van der Waals surface area contributed by atoms with E-state index in [0.29, 0.717) is 36.9 Å². The molecule has 0 atom stereocenters. The minimum atomic E-state index is -0.142. The molecule has 4 aromatic rings.